The van der Waals surface area contributed by atoms with Gasteiger partial charge in [0.25, 0.3) is 0 Å². The minimum absolute atomic E-state index is 0.244. The van der Waals surface area contributed by atoms with Gasteiger partial charge in [0.05, 0.1) is 5.54 Å². The molecule has 0 spiro atoms. The Morgan fingerprint density at radius 1 is 1.69 bits per heavy atom. The van der Waals surface area contributed by atoms with Gasteiger partial charge in [0.1, 0.15) is 0 Å². The lowest BCUT2D eigenvalue weighted by atomic mass is 10.1. The number of rotatable bonds is 2. The second-order valence-corrected chi connectivity index (χ2v) is 3.55. The van der Waals surface area contributed by atoms with Gasteiger partial charge in [-0.1, -0.05) is 0 Å². The number of aromatic nitrogens is 2. The van der Waals surface area contributed by atoms with Crippen molar-refractivity contribution in [2.24, 2.45) is 12.8 Å². The maximum Gasteiger partial charge on any atom is 0.245 e. The van der Waals surface area contributed by atoms with Gasteiger partial charge in [-0.2, -0.15) is 5.10 Å². The number of carbonyl (C=O) groups excluding carboxylic acids is 1. The number of aryl methyl sites for hydroxylation is 1. The third kappa shape index (κ3) is 2.55. The van der Waals surface area contributed by atoms with Crippen molar-refractivity contribution >= 4 is 11.7 Å². The summed E-state index contributed by atoms with van der Waals surface area (Å²) >= 11 is 0. The van der Waals surface area contributed by atoms with Gasteiger partial charge in [0, 0.05) is 19.3 Å². The van der Waals surface area contributed by atoms with Crippen LogP contribution in [-0.2, 0) is 11.8 Å². The molecule has 5 heteroatoms. The molecule has 0 aliphatic heterocycles. The summed E-state index contributed by atoms with van der Waals surface area (Å²) in [5, 5.41) is 6.60. The number of nitrogens with zero attached hydrogens (tertiary/aromatic N) is 2. The third-order valence-corrected chi connectivity index (χ3v) is 1.54. The summed E-state index contributed by atoms with van der Waals surface area (Å²) in [7, 11) is 1.78. The summed E-state index contributed by atoms with van der Waals surface area (Å²) in [6, 6.07) is 1.71. The van der Waals surface area contributed by atoms with Crippen LogP contribution < -0.4 is 11.1 Å². The zero-order valence-corrected chi connectivity index (χ0v) is 8.03. The Morgan fingerprint density at radius 3 is 2.69 bits per heavy atom. The van der Waals surface area contributed by atoms with E-state index in [9.17, 15) is 4.79 Å². The summed E-state index contributed by atoms with van der Waals surface area (Å²) in [6.07, 6.45) is 1.75. The number of hydrogen-bond donors (Lipinski definition) is 2. The maximum atomic E-state index is 11.4. The molecule has 1 amide bonds. The monoisotopic (exact) mass is 182 g/mol. The Hall–Kier alpha value is -1.36. The number of nitrogens with one attached hydrogen (secondary N) is 1. The van der Waals surface area contributed by atoms with Gasteiger partial charge in [-0.05, 0) is 13.8 Å². The first-order valence-corrected chi connectivity index (χ1v) is 3.99. The van der Waals surface area contributed by atoms with Gasteiger partial charge in [0.2, 0.25) is 5.91 Å². The topological polar surface area (TPSA) is 72.9 Å². The van der Waals surface area contributed by atoms with Gasteiger partial charge in [-0.25, -0.2) is 0 Å². The van der Waals surface area contributed by atoms with Crippen LogP contribution in [0, 0.1) is 0 Å². The van der Waals surface area contributed by atoms with Crippen LogP contribution in [0.4, 0.5) is 5.82 Å². The molecule has 5 nitrogen and oxygen atoms in total. The summed E-state index contributed by atoms with van der Waals surface area (Å²) in [4.78, 5) is 11.4. The SMILES string of the molecule is Cn1ccc(NC(=O)C(C)(C)N)n1. The average molecular weight is 182 g/mol. The second-order valence-electron chi connectivity index (χ2n) is 3.55. The van der Waals surface area contributed by atoms with E-state index in [4.69, 9.17) is 5.73 Å². The largest absolute Gasteiger partial charge is 0.318 e. The van der Waals surface area contributed by atoms with E-state index in [0.29, 0.717) is 5.82 Å². The Balaban J connectivity index is 2.65. The second kappa shape index (κ2) is 3.18. The quantitative estimate of drug-likeness (QED) is 0.681. The summed E-state index contributed by atoms with van der Waals surface area (Å²) in [6.45, 7) is 3.29. The molecule has 0 bridgehead atoms. The fraction of sp³-hybridized carbons (Fsp3) is 0.500. The summed E-state index contributed by atoms with van der Waals surface area (Å²) in [5.41, 5.74) is 4.71. The van der Waals surface area contributed by atoms with E-state index in [2.05, 4.69) is 10.4 Å². The molecule has 1 rings (SSSR count). The summed E-state index contributed by atoms with van der Waals surface area (Å²) < 4.78 is 1.61. The molecule has 0 unspecified atom stereocenters. The van der Waals surface area contributed by atoms with Crippen molar-refractivity contribution in [3.05, 3.63) is 12.3 Å². The highest BCUT2D eigenvalue weighted by atomic mass is 16.2. The van der Waals surface area contributed by atoms with Crippen molar-refractivity contribution in [2.75, 3.05) is 5.32 Å². The zero-order chi connectivity index (χ0) is 10.1. The Bertz CT molecular complexity index is 310. The van der Waals surface area contributed by atoms with Crippen LogP contribution in [0.15, 0.2) is 12.3 Å². The molecule has 0 aliphatic carbocycles. The molecule has 1 aromatic rings. The number of carbonyl (C=O) groups is 1. The van der Waals surface area contributed by atoms with Crippen molar-refractivity contribution in [1.29, 1.82) is 0 Å². The molecule has 0 aromatic carbocycles. The van der Waals surface area contributed by atoms with Gasteiger partial charge < -0.3 is 11.1 Å². The smallest absolute Gasteiger partial charge is 0.245 e. The fourth-order valence-corrected chi connectivity index (χ4v) is 0.759. The van der Waals surface area contributed by atoms with Crippen molar-refractivity contribution < 1.29 is 4.79 Å². The maximum absolute atomic E-state index is 11.4. The van der Waals surface area contributed by atoms with Crippen molar-refractivity contribution in [2.45, 2.75) is 19.4 Å². The van der Waals surface area contributed by atoms with Crippen LogP contribution in [0.25, 0.3) is 0 Å². The molecule has 3 N–H and O–H groups in total. The molecular formula is C8H14N4O. The van der Waals surface area contributed by atoms with Crippen molar-refractivity contribution in [3.63, 3.8) is 0 Å². The molecule has 0 radical (unpaired) electrons. The number of hydrogen-bond acceptors (Lipinski definition) is 3. The molecule has 0 atom stereocenters. The molecular weight excluding hydrogens is 168 g/mol. The first kappa shape index (κ1) is 9.73. The van der Waals surface area contributed by atoms with Crippen molar-refractivity contribution in [1.82, 2.24) is 9.78 Å². The molecule has 0 aliphatic rings. The van der Waals surface area contributed by atoms with Crippen LogP contribution in [0.3, 0.4) is 0 Å². The van der Waals surface area contributed by atoms with Crippen LogP contribution >= 0.6 is 0 Å². The zero-order valence-electron chi connectivity index (χ0n) is 8.03. The molecule has 0 fully saturated rings. The minimum atomic E-state index is -0.877. The Kier molecular flexibility index (Phi) is 2.38. The van der Waals surface area contributed by atoms with E-state index in [1.54, 1.807) is 37.8 Å². The number of amides is 1. The highest BCUT2D eigenvalue weighted by Gasteiger charge is 2.22. The van der Waals surface area contributed by atoms with E-state index in [0.717, 1.165) is 0 Å². The third-order valence-electron chi connectivity index (χ3n) is 1.54. The minimum Gasteiger partial charge on any atom is -0.318 e. The van der Waals surface area contributed by atoms with E-state index < -0.39 is 5.54 Å². The van der Waals surface area contributed by atoms with Crippen LogP contribution in [0.5, 0.6) is 0 Å². The van der Waals surface area contributed by atoms with Gasteiger partial charge in [-0.3, -0.25) is 9.48 Å². The molecule has 13 heavy (non-hydrogen) atoms. The van der Waals surface area contributed by atoms with Gasteiger partial charge in [0.15, 0.2) is 5.82 Å². The number of nitrogens with two attached hydrogens (primary N) is 1. The lowest BCUT2D eigenvalue weighted by Gasteiger charge is -2.16. The lowest BCUT2D eigenvalue weighted by Crippen LogP contribution is -2.45. The normalized spacial score (nSPS) is 11.4. The molecule has 0 saturated heterocycles. The predicted molar refractivity (Wildman–Crippen MR) is 50.1 cm³/mol. The standard InChI is InChI=1S/C8H14N4O/c1-8(2,9)7(13)10-6-4-5-12(3)11-6/h4-5H,9H2,1-3H3,(H,10,11,13). The molecule has 1 heterocycles. The van der Waals surface area contributed by atoms with Gasteiger partial charge in [-0.15, -0.1) is 0 Å². The van der Waals surface area contributed by atoms with E-state index in [-0.39, 0.29) is 5.91 Å². The van der Waals surface area contributed by atoms with E-state index >= 15 is 0 Å². The highest BCUT2D eigenvalue weighted by molar-refractivity contribution is 5.96. The van der Waals surface area contributed by atoms with Crippen molar-refractivity contribution in [3.8, 4) is 0 Å². The van der Waals surface area contributed by atoms with E-state index in [1.807, 2.05) is 0 Å². The fourth-order valence-electron chi connectivity index (χ4n) is 0.759. The Labute approximate surface area is 76.9 Å². The molecule has 1 aromatic heterocycles. The first-order valence-electron chi connectivity index (χ1n) is 3.99. The average Bonchev–Trinajstić information content (AvgIpc) is 2.33. The highest BCUT2D eigenvalue weighted by Crippen LogP contribution is 2.05. The summed E-state index contributed by atoms with van der Waals surface area (Å²) in [5.74, 6) is 0.275. The molecule has 0 saturated carbocycles. The van der Waals surface area contributed by atoms with Crippen LogP contribution in [0.1, 0.15) is 13.8 Å². The Morgan fingerprint density at radius 2 is 2.31 bits per heavy atom. The predicted octanol–water partition coefficient (Wildman–Crippen LogP) is 0.0959. The number of anilines is 1. The van der Waals surface area contributed by atoms with Gasteiger partial charge >= 0.3 is 0 Å². The van der Waals surface area contributed by atoms with E-state index in [1.165, 1.54) is 0 Å². The van der Waals surface area contributed by atoms with Crippen LogP contribution in [-0.4, -0.2) is 21.2 Å². The molecule has 72 valence electrons. The lowest BCUT2D eigenvalue weighted by molar-refractivity contribution is -0.120. The van der Waals surface area contributed by atoms with Crippen LogP contribution in [0.2, 0.25) is 0 Å². The first-order chi connectivity index (χ1) is 5.89.